The summed E-state index contributed by atoms with van der Waals surface area (Å²) in [4.78, 5) is 14.9. The number of carbonyl (C=O) groups excluding carboxylic acids is 1. The Kier molecular flexibility index (Phi) is 8.54. The highest BCUT2D eigenvalue weighted by atomic mass is 32.1. The summed E-state index contributed by atoms with van der Waals surface area (Å²) in [5.41, 5.74) is 0. The highest BCUT2D eigenvalue weighted by Crippen LogP contribution is 2.27. The van der Waals surface area contributed by atoms with E-state index in [-0.39, 0.29) is 12.1 Å². The molecule has 0 bridgehead atoms. The highest BCUT2D eigenvalue weighted by Gasteiger charge is 2.16. The average Bonchev–Trinajstić information content (AvgIpc) is 2.91. The molecule has 0 N–H and O–H groups in total. The molecule has 0 radical (unpaired) electrons. The fraction of sp³-hybridized carbons (Fsp3) is 0.688. The van der Waals surface area contributed by atoms with Gasteiger partial charge in [-0.15, -0.1) is 11.3 Å². The molecular formula is C16H27NO2S. The molecule has 1 rings (SSSR count). The lowest BCUT2D eigenvalue weighted by atomic mass is 10.1. The number of hydrogen-bond donors (Lipinski definition) is 0. The van der Waals surface area contributed by atoms with Gasteiger partial charge in [-0.3, -0.25) is 4.79 Å². The third-order valence-corrected chi connectivity index (χ3v) is 4.15. The van der Waals surface area contributed by atoms with E-state index >= 15 is 0 Å². The number of ether oxygens (including phenoxy) is 1. The maximum absolute atomic E-state index is 11.2. The largest absolute Gasteiger partial charge is 0.457 e. The van der Waals surface area contributed by atoms with Crippen molar-refractivity contribution < 1.29 is 9.53 Å². The molecule has 1 unspecified atom stereocenters. The zero-order valence-electron chi connectivity index (χ0n) is 12.9. The molecule has 1 atom stereocenters. The summed E-state index contributed by atoms with van der Waals surface area (Å²) in [6, 6.07) is 4.06. The van der Waals surface area contributed by atoms with Crippen LogP contribution >= 0.6 is 11.3 Å². The minimum Gasteiger partial charge on any atom is -0.457 e. The molecule has 0 aliphatic carbocycles. The van der Waals surface area contributed by atoms with Crippen LogP contribution in [-0.4, -0.2) is 30.5 Å². The van der Waals surface area contributed by atoms with E-state index in [0.717, 1.165) is 37.4 Å². The average molecular weight is 297 g/mol. The van der Waals surface area contributed by atoms with Gasteiger partial charge in [-0.1, -0.05) is 19.9 Å². The highest BCUT2D eigenvalue weighted by molar-refractivity contribution is 7.10. The molecule has 20 heavy (non-hydrogen) atoms. The second-order valence-electron chi connectivity index (χ2n) is 5.10. The molecule has 1 aromatic heterocycles. The summed E-state index contributed by atoms with van der Waals surface area (Å²) in [7, 11) is 0. The van der Waals surface area contributed by atoms with Gasteiger partial charge in [0.1, 0.15) is 6.10 Å². The van der Waals surface area contributed by atoms with Gasteiger partial charge in [-0.25, -0.2) is 0 Å². The molecule has 0 aromatic carbocycles. The Balaban J connectivity index is 2.43. The summed E-state index contributed by atoms with van der Waals surface area (Å²) in [6.45, 7) is 9.33. The molecule has 4 heteroatoms. The predicted molar refractivity (Wildman–Crippen MR) is 85.1 cm³/mol. The first-order valence-electron chi connectivity index (χ1n) is 7.60. The van der Waals surface area contributed by atoms with Gasteiger partial charge < -0.3 is 9.64 Å². The van der Waals surface area contributed by atoms with E-state index in [1.165, 1.54) is 19.8 Å². The fourth-order valence-corrected chi connectivity index (χ4v) is 3.19. The topological polar surface area (TPSA) is 29.5 Å². The lowest BCUT2D eigenvalue weighted by Crippen LogP contribution is -2.27. The molecule has 0 amide bonds. The van der Waals surface area contributed by atoms with Crippen molar-refractivity contribution in [2.24, 2.45) is 0 Å². The maximum atomic E-state index is 11.2. The summed E-state index contributed by atoms with van der Waals surface area (Å²) in [5, 5.41) is 2.03. The third-order valence-electron chi connectivity index (χ3n) is 3.19. The van der Waals surface area contributed by atoms with Crippen molar-refractivity contribution in [3.63, 3.8) is 0 Å². The molecule has 0 saturated carbocycles. The fourth-order valence-electron chi connectivity index (χ4n) is 2.40. The predicted octanol–water partition coefficient (Wildman–Crippen LogP) is 4.25. The van der Waals surface area contributed by atoms with E-state index in [4.69, 9.17) is 4.74 Å². The molecule has 3 nitrogen and oxygen atoms in total. The SMILES string of the molecule is CCCN(CCC)CCCC(OC(C)=O)c1cccs1. The van der Waals surface area contributed by atoms with Crippen LogP contribution in [0.5, 0.6) is 0 Å². The van der Waals surface area contributed by atoms with Gasteiger partial charge in [0.15, 0.2) is 0 Å². The first-order chi connectivity index (χ1) is 9.67. The number of thiophene rings is 1. The first kappa shape index (κ1) is 17.2. The minimum atomic E-state index is -0.192. The van der Waals surface area contributed by atoms with Gasteiger partial charge in [0.2, 0.25) is 0 Å². The van der Waals surface area contributed by atoms with E-state index in [9.17, 15) is 4.79 Å². The van der Waals surface area contributed by atoms with E-state index in [1.54, 1.807) is 11.3 Å². The van der Waals surface area contributed by atoms with Crippen molar-refractivity contribution in [1.82, 2.24) is 4.90 Å². The number of hydrogen-bond acceptors (Lipinski definition) is 4. The molecule has 0 aliphatic rings. The zero-order chi connectivity index (χ0) is 14.8. The molecular weight excluding hydrogens is 270 g/mol. The lowest BCUT2D eigenvalue weighted by Gasteiger charge is -2.22. The molecule has 0 spiro atoms. The second kappa shape index (κ2) is 9.94. The quantitative estimate of drug-likeness (QED) is 0.604. The molecule has 1 aromatic rings. The number of esters is 1. The lowest BCUT2D eigenvalue weighted by molar-refractivity contribution is -0.147. The molecule has 0 aliphatic heterocycles. The van der Waals surface area contributed by atoms with Gasteiger partial charge in [0.25, 0.3) is 0 Å². The number of carbonyl (C=O) groups is 1. The van der Waals surface area contributed by atoms with E-state index in [2.05, 4.69) is 18.7 Å². The van der Waals surface area contributed by atoms with Crippen LogP contribution in [0.1, 0.15) is 57.4 Å². The third kappa shape index (κ3) is 6.53. The Bertz CT molecular complexity index is 359. The van der Waals surface area contributed by atoms with Crippen LogP contribution < -0.4 is 0 Å². The Hall–Kier alpha value is -0.870. The van der Waals surface area contributed by atoms with Gasteiger partial charge in [-0.05, 0) is 56.8 Å². The van der Waals surface area contributed by atoms with Gasteiger partial charge in [0.05, 0.1) is 0 Å². The van der Waals surface area contributed by atoms with E-state index < -0.39 is 0 Å². The smallest absolute Gasteiger partial charge is 0.303 e. The standard InChI is InChI=1S/C16H27NO2S/c1-4-10-17(11-5-2)12-6-8-15(19-14(3)18)16-9-7-13-20-16/h7,9,13,15H,4-6,8,10-12H2,1-3H3. The van der Waals surface area contributed by atoms with Crippen molar-refractivity contribution in [2.75, 3.05) is 19.6 Å². The molecule has 1 heterocycles. The van der Waals surface area contributed by atoms with Crippen molar-refractivity contribution in [3.8, 4) is 0 Å². The molecule has 114 valence electrons. The van der Waals surface area contributed by atoms with Crippen LogP contribution in [0.25, 0.3) is 0 Å². The summed E-state index contributed by atoms with van der Waals surface area (Å²) < 4.78 is 5.45. The van der Waals surface area contributed by atoms with Gasteiger partial charge >= 0.3 is 5.97 Å². The van der Waals surface area contributed by atoms with Crippen LogP contribution in [0, 0.1) is 0 Å². The molecule has 0 saturated heterocycles. The van der Waals surface area contributed by atoms with Crippen LogP contribution in [0.3, 0.4) is 0 Å². The van der Waals surface area contributed by atoms with Crippen LogP contribution in [0.2, 0.25) is 0 Å². The number of rotatable bonds is 10. The number of nitrogens with zero attached hydrogens (tertiary/aromatic N) is 1. The van der Waals surface area contributed by atoms with Crippen LogP contribution in [0.4, 0.5) is 0 Å². The maximum Gasteiger partial charge on any atom is 0.303 e. The van der Waals surface area contributed by atoms with Crippen molar-refractivity contribution >= 4 is 17.3 Å². The summed E-state index contributed by atoms with van der Waals surface area (Å²) in [5.74, 6) is -0.192. The van der Waals surface area contributed by atoms with Gasteiger partial charge in [-0.2, -0.15) is 0 Å². The van der Waals surface area contributed by atoms with Crippen molar-refractivity contribution in [3.05, 3.63) is 22.4 Å². The van der Waals surface area contributed by atoms with Crippen LogP contribution in [0.15, 0.2) is 17.5 Å². The summed E-state index contributed by atoms with van der Waals surface area (Å²) in [6.07, 6.45) is 4.29. The summed E-state index contributed by atoms with van der Waals surface area (Å²) >= 11 is 1.66. The second-order valence-corrected chi connectivity index (χ2v) is 6.08. The van der Waals surface area contributed by atoms with Crippen molar-refractivity contribution in [1.29, 1.82) is 0 Å². The minimum absolute atomic E-state index is 0.0717. The zero-order valence-corrected chi connectivity index (χ0v) is 13.7. The Morgan fingerprint density at radius 3 is 2.50 bits per heavy atom. The normalized spacial score (nSPS) is 12.6. The first-order valence-corrected chi connectivity index (χ1v) is 8.48. The molecule has 0 fully saturated rings. The Morgan fingerprint density at radius 2 is 2.00 bits per heavy atom. The Labute approximate surface area is 126 Å². The van der Waals surface area contributed by atoms with Gasteiger partial charge in [0, 0.05) is 11.8 Å². The Morgan fingerprint density at radius 1 is 1.30 bits per heavy atom. The van der Waals surface area contributed by atoms with E-state index in [1.807, 2.05) is 17.5 Å². The van der Waals surface area contributed by atoms with E-state index in [0.29, 0.717) is 0 Å². The monoisotopic (exact) mass is 297 g/mol. The van der Waals surface area contributed by atoms with Crippen molar-refractivity contribution in [2.45, 2.75) is 52.6 Å². The van der Waals surface area contributed by atoms with Crippen LogP contribution in [-0.2, 0) is 9.53 Å².